The first kappa shape index (κ1) is 12.5. The lowest BCUT2D eigenvalue weighted by molar-refractivity contribution is 0.174. The maximum Gasteiger partial charge on any atom is 0.0346 e. The average molecular weight is 298 g/mol. The molecule has 5 heteroatoms. The highest BCUT2D eigenvalue weighted by Crippen LogP contribution is 2.24. The van der Waals surface area contributed by atoms with Gasteiger partial charge in [-0.25, -0.2) is 0 Å². The lowest BCUT2D eigenvalue weighted by atomic mass is 10.1. The summed E-state index contributed by atoms with van der Waals surface area (Å²) in [6.45, 7) is 3.34. The second-order valence-corrected chi connectivity index (χ2v) is 5.27. The van der Waals surface area contributed by atoms with Crippen molar-refractivity contribution >= 4 is 39.7 Å². The van der Waals surface area contributed by atoms with Crippen molar-refractivity contribution in [2.45, 2.75) is 12.6 Å². The highest BCUT2D eigenvalue weighted by molar-refractivity contribution is 9.10. The number of likely N-dealkylation sites (N-methyl/N-ethyl adjacent to an activating group) is 1. The molecular formula is C9H14BrClN2S. The van der Waals surface area contributed by atoms with Gasteiger partial charge in [0.1, 0.15) is 0 Å². The predicted octanol–water partition coefficient (Wildman–Crippen LogP) is 2.34. The van der Waals surface area contributed by atoms with Crippen molar-refractivity contribution in [3.63, 3.8) is 0 Å². The molecule has 0 unspecified atom stereocenters. The molecule has 80 valence electrons. The Morgan fingerprint density at radius 1 is 1.64 bits per heavy atom. The highest BCUT2D eigenvalue weighted by atomic mass is 79.9. The zero-order valence-corrected chi connectivity index (χ0v) is 11.2. The number of hydrogen-bond acceptors (Lipinski definition) is 3. The minimum absolute atomic E-state index is 0. The van der Waals surface area contributed by atoms with Crippen molar-refractivity contribution in [3.8, 4) is 0 Å². The van der Waals surface area contributed by atoms with Gasteiger partial charge >= 0.3 is 0 Å². The molecule has 0 aliphatic carbocycles. The minimum Gasteiger partial charge on any atom is -0.314 e. The fraction of sp³-hybridized carbons (Fsp3) is 0.556. The molecule has 0 radical (unpaired) electrons. The summed E-state index contributed by atoms with van der Waals surface area (Å²) in [6.07, 6.45) is 0. The van der Waals surface area contributed by atoms with E-state index >= 15 is 0 Å². The van der Waals surface area contributed by atoms with Crippen molar-refractivity contribution in [3.05, 3.63) is 20.8 Å². The van der Waals surface area contributed by atoms with Crippen molar-refractivity contribution in [1.82, 2.24) is 10.2 Å². The van der Waals surface area contributed by atoms with E-state index in [4.69, 9.17) is 0 Å². The third kappa shape index (κ3) is 2.70. The largest absolute Gasteiger partial charge is 0.314 e. The van der Waals surface area contributed by atoms with Crippen LogP contribution in [0.5, 0.6) is 0 Å². The van der Waals surface area contributed by atoms with E-state index in [9.17, 15) is 0 Å². The van der Waals surface area contributed by atoms with E-state index in [1.54, 1.807) is 0 Å². The van der Waals surface area contributed by atoms with E-state index in [0.717, 1.165) is 25.7 Å². The third-order valence-electron chi connectivity index (χ3n) is 2.47. The highest BCUT2D eigenvalue weighted by Gasteiger charge is 2.21. The Balaban J connectivity index is 0.000000980. The Labute approximate surface area is 103 Å². The van der Waals surface area contributed by atoms with Gasteiger partial charge in [-0.3, -0.25) is 4.90 Å². The zero-order chi connectivity index (χ0) is 9.26. The Morgan fingerprint density at radius 2 is 2.36 bits per heavy atom. The van der Waals surface area contributed by atoms with Gasteiger partial charge in [0.2, 0.25) is 0 Å². The van der Waals surface area contributed by atoms with Crippen LogP contribution in [0.25, 0.3) is 0 Å². The Morgan fingerprint density at radius 3 is 2.79 bits per heavy atom. The van der Waals surface area contributed by atoms with E-state index < -0.39 is 0 Å². The van der Waals surface area contributed by atoms with Gasteiger partial charge in [0.25, 0.3) is 0 Å². The van der Waals surface area contributed by atoms with Crippen molar-refractivity contribution in [2.24, 2.45) is 0 Å². The smallest absolute Gasteiger partial charge is 0.0346 e. The van der Waals surface area contributed by atoms with Gasteiger partial charge in [-0.05, 0) is 34.4 Å². The van der Waals surface area contributed by atoms with Gasteiger partial charge in [0.05, 0.1) is 0 Å². The predicted molar refractivity (Wildman–Crippen MR) is 67.4 cm³/mol. The second kappa shape index (κ2) is 5.47. The van der Waals surface area contributed by atoms with Crippen LogP contribution in [-0.4, -0.2) is 31.1 Å². The van der Waals surface area contributed by atoms with E-state index in [1.165, 1.54) is 9.35 Å². The molecule has 2 nitrogen and oxygen atoms in total. The summed E-state index contributed by atoms with van der Waals surface area (Å²) in [4.78, 5) is 3.84. The SMILES string of the molecule is CN(Cc1sccc1Br)C1CNC1.Cl. The molecule has 0 aromatic carbocycles. The molecule has 14 heavy (non-hydrogen) atoms. The first-order valence-corrected chi connectivity index (χ1v) is 6.07. The van der Waals surface area contributed by atoms with Gasteiger partial charge in [-0.15, -0.1) is 23.7 Å². The summed E-state index contributed by atoms with van der Waals surface area (Å²) in [5.74, 6) is 0. The maximum absolute atomic E-state index is 3.55. The second-order valence-electron chi connectivity index (χ2n) is 3.42. The van der Waals surface area contributed by atoms with E-state index in [-0.39, 0.29) is 12.4 Å². The molecule has 0 spiro atoms. The molecule has 0 atom stereocenters. The Hall–Kier alpha value is 0.390. The normalized spacial score (nSPS) is 16.5. The standard InChI is InChI=1S/C9H13BrN2S.ClH/c1-12(7-4-11-5-7)6-9-8(10)2-3-13-9;/h2-3,7,11H,4-6H2,1H3;1H. The third-order valence-corrected chi connectivity index (χ3v) is 4.38. The van der Waals surface area contributed by atoms with Crippen LogP contribution in [0.15, 0.2) is 15.9 Å². The molecule has 1 aliphatic heterocycles. The summed E-state index contributed by atoms with van der Waals surface area (Å²) < 4.78 is 1.25. The summed E-state index contributed by atoms with van der Waals surface area (Å²) in [6, 6.07) is 2.85. The lowest BCUT2D eigenvalue weighted by Crippen LogP contribution is -2.55. The molecule has 1 aromatic heterocycles. The lowest BCUT2D eigenvalue weighted by Gasteiger charge is -2.35. The van der Waals surface area contributed by atoms with E-state index in [1.807, 2.05) is 11.3 Å². The van der Waals surface area contributed by atoms with Crippen LogP contribution in [-0.2, 0) is 6.54 Å². The first-order valence-electron chi connectivity index (χ1n) is 4.40. The van der Waals surface area contributed by atoms with Gasteiger partial charge in [-0.2, -0.15) is 0 Å². The van der Waals surface area contributed by atoms with Crippen LogP contribution in [0.3, 0.4) is 0 Å². The van der Waals surface area contributed by atoms with Gasteiger partial charge in [0, 0.05) is 35.0 Å². The molecule has 1 N–H and O–H groups in total. The van der Waals surface area contributed by atoms with Crippen molar-refractivity contribution in [1.29, 1.82) is 0 Å². The number of thiophene rings is 1. The molecule has 1 aromatic rings. The number of nitrogens with zero attached hydrogens (tertiary/aromatic N) is 1. The van der Waals surface area contributed by atoms with Crippen LogP contribution < -0.4 is 5.32 Å². The fourth-order valence-electron chi connectivity index (χ4n) is 1.38. The van der Waals surface area contributed by atoms with Crippen LogP contribution in [0.2, 0.25) is 0 Å². The number of halogens is 2. The maximum atomic E-state index is 3.55. The molecule has 0 amide bonds. The van der Waals surface area contributed by atoms with Crippen LogP contribution in [0, 0.1) is 0 Å². The molecular weight excluding hydrogens is 284 g/mol. The molecule has 2 rings (SSSR count). The average Bonchev–Trinajstić information content (AvgIpc) is 2.32. The quantitative estimate of drug-likeness (QED) is 0.921. The summed E-state index contributed by atoms with van der Waals surface area (Å²) in [7, 11) is 2.19. The van der Waals surface area contributed by atoms with Gasteiger partial charge in [-0.1, -0.05) is 0 Å². The topological polar surface area (TPSA) is 15.3 Å². The number of rotatable bonds is 3. The molecule has 2 heterocycles. The summed E-state index contributed by atoms with van der Waals surface area (Å²) >= 11 is 5.37. The molecule has 1 fully saturated rings. The van der Waals surface area contributed by atoms with Crippen molar-refractivity contribution in [2.75, 3.05) is 20.1 Å². The molecule has 0 saturated carbocycles. The van der Waals surface area contributed by atoms with Crippen LogP contribution in [0.1, 0.15) is 4.88 Å². The van der Waals surface area contributed by atoms with Crippen LogP contribution in [0.4, 0.5) is 0 Å². The number of nitrogens with one attached hydrogen (secondary N) is 1. The molecule has 0 bridgehead atoms. The number of hydrogen-bond donors (Lipinski definition) is 1. The van der Waals surface area contributed by atoms with Crippen LogP contribution >= 0.6 is 39.7 Å². The fourth-order valence-corrected chi connectivity index (χ4v) is 2.92. The molecule has 1 saturated heterocycles. The zero-order valence-electron chi connectivity index (χ0n) is 8.00. The van der Waals surface area contributed by atoms with E-state index in [2.05, 4.69) is 44.6 Å². The summed E-state index contributed by atoms with van der Waals surface area (Å²) in [5, 5.41) is 5.42. The first-order chi connectivity index (χ1) is 6.27. The van der Waals surface area contributed by atoms with Crippen molar-refractivity contribution < 1.29 is 0 Å². The summed E-state index contributed by atoms with van der Waals surface area (Å²) in [5.41, 5.74) is 0. The Kier molecular flexibility index (Phi) is 4.87. The Bertz CT molecular complexity index is 288. The van der Waals surface area contributed by atoms with Gasteiger partial charge in [0.15, 0.2) is 0 Å². The van der Waals surface area contributed by atoms with E-state index in [0.29, 0.717) is 0 Å². The monoisotopic (exact) mass is 296 g/mol. The minimum atomic E-state index is 0. The molecule has 1 aliphatic rings. The van der Waals surface area contributed by atoms with Gasteiger partial charge < -0.3 is 5.32 Å².